The Morgan fingerprint density at radius 1 is 1.45 bits per heavy atom. The minimum atomic E-state index is -0.201. The highest BCUT2D eigenvalue weighted by Crippen LogP contribution is 2.23. The highest BCUT2D eigenvalue weighted by atomic mass is 32.1. The van der Waals surface area contributed by atoms with E-state index in [4.69, 9.17) is 5.73 Å². The van der Waals surface area contributed by atoms with Crippen molar-refractivity contribution in [1.82, 2.24) is 4.98 Å². The molecular weight excluding hydrogens is 273 g/mol. The summed E-state index contributed by atoms with van der Waals surface area (Å²) >= 11 is 1.60. The van der Waals surface area contributed by atoms with Crippen LogP contribution < -0.4 is 10.6 Å². The van der Waals surface area contributed by atoms with Crippen molar-refractivity contribution in [3.05, 3.63) is 45.7 Å². The molecule has 3 nitrogen and oxygen atoms in total. The minimum absolute atomic E-state index is 0.0397. The van der Waals surface area contributed by atoms with Gasteiger partial charge in [0, 0.05) is 18.0 Å². The molecule has 0 radical (unpaired) electrons. The molecule has 1 heterocycles. The number of halogens is 1. The molecule has 0 aliphatic carbocycles. The van der Waals surface area contributed by atoms with Crippen LogP contribution in [0.4, 0.5) is 10.1 Å². The largest absolute Gasteiger partial charge is 0.367 e. The van der Waals surface area contributed by atoms with Gasteiger partial charge in [-0.1, -0.05) is 6.07 Å². The van der Waals surface area contributed by atoms with E-state index in [-0.39, 0.29) is 11.9 Å². The number of hydrogen-bond acceptors (Lipinski definition) is 4. The molecule has 0 saturated heterocycles. The van der Waals surface area contributed by atoms with Crippen LogP contribution in [0.3, 0.4) is 0 Å². The molecule has 1 atom stereocenters. The molecule has 0 amide bonds. The Balaban J connectivity index is 2.14. The van der Waals surface area contributed by atoms with Crippen molar-refractivity contribution in [2.75, 3.05) is 11.9 Å². The average molecular weight is 293 g/mol. The number of nitrogens with two attached hydrogens (primary N) is 1. The van der Waals surface area contributed by atoms with Crippen LogP contribution in [-0.4, -0.2) is 18.1 Å². The summed E-state index contributed by atoms with van der Waals surface area (Å²) < 4.78 is 14.2. The Morgan fingerprint density at radius 2 is 2.20 bits per heavy atom. The fourth-order valence-electron chi connectivity index (χ4n) is 2.14. The summed E-state index contributed by atoms with van der Waals surface area (Å²) in [6, 6.07) is 5.38. The third-order valence-electron chi connectivity index (χ3n) is 3.21. The van der Waals surface area contributed by atoms with E-state index in [2.05, 4.69) is 4.98 Å². The van der Waals surface area contributed by atoms with Crippen molar-refractivity contribution in [3.8, 4) is 0 Å². The molecule has 2 rings (SSSR count). The van der Waals surface area contributed by atoms with Gasteiger partial charge in [-0.05, 0) is 38.0 Å². The Morgan fingerprint density at radius 3 is 2.75 bits per heavy atom. The molecular formula is C15H20FN3S. The molecule has 0 spiro atoms. The molecule has 0 fully saturated rings. The molecule has 0 bridgehead atoms. The number of aromatic nitrogens is 1. The summed E-state index contributed by atoms with van der Waals surface area (Å²) in [5.74, 6) is -0.201. The second-order valence-electron chi connectivity index (χ2n) is 5.18. The highest BCUT2D eigenvalue weighted by molar-refractivity contribution is 7.09. The summed E-state index contributed by atoms with van der Waals surface area (Å²) in [5.41, 5.74) is 10.1. The molecule has 2 N–H and O–H groups in total. The lowest BCUT2D eigenvalue weighted by molar-refractivity contribution is 0.617. The number of aryl methyl sites for hydroxylation is 1. The van der Waals surface area contributed by atoms with Gasteiger partial charge in [-0.15, -0.1) is 11.3 Å². The van der Waals surface area contributed by atoms with Crippen molar-refractivity contribution in [2.24, 2.45) is 5.73 Å². The maximum absolute atomic E-state index is 14.2. The standard InChI is InChI=1S/C15H20FN3S/c1-10(17)6-12-4-5-14(13(16)7-12)19(3)8-15-11(2)18-9-20-15/h4-5,7,9-10H,6,8,17H2,1-3H3. The Bertz CT molecular complexity index is 580. The van der Waals surface area contributed by atoms with Crippen molar-refractivity contribution < 1.29 is 4.39 Å². The van der Waals surface area contributed by atoms with Gasteiger partial charge in [0.2, 0.25) is 0 Å². The van der Waals surface area contributed by atoms with Crippen LogP contribution in [0.15, 0.2) is 23.7 Å². The van der Waals surface area contributed by atoms with E-state index in [1.165, 1.54) is 0 Å². The molecule has 0 saturated carbocycles. The first kappa shape index (κ1) is 14.9. The number of nitrogens with zero attached hydrogens (tertiary/aromatic N) is 2. The van der Waals surface area contributed by atoms with Crippen molar-refractivity contribution >= 4 is 17.0 Å². The van der Waals surface area contributed by atoms with E-state index in [1.807, 2.05) is 43.4 Å². The van der Waals surface area contributed by atoms with Gasteiger partial charge in [0.25, 0.3) is 0 Å². The van der Waals surface area contributed by atoms with Crippen molar-refractivity contribution in [2.45, 2.75) is 32.9 Å². The quantitative estimate of drug-likeness (QED) is 0.921. The van der Waals surface area contributed by atoms with Gasteiger partial charge in [-0.3, -0.25) is 0 Å². The maximum Gasteiger partial charge on any atom is 0.146 e. The topological polar surface area (TPSA) is 42.2 Å². The van der Waals surface area contributed by atoms with Crippen LogP contribution in [-0.2, 0) is 13.0 Å². The number of anilines is 1. The summed E-state index contributed by atoms with van der Waals surface area (Å²) in [7, 11) is 1.89. The van der Waals surface area contributed by atoms with Crippen LogP contribution in [0.2, 0.25) is 0 Å². The molecule has 5 heteroatoms. The summed E-state index contributed by atoms with van der Waals surface area (Å²) in [4.78, 5) is 7.28. The number of rotatable bonds is 5. The number of thiazole rings is 1. The van der Waals surface area contributed by atoms with E-state index < -0.39 is 0 Å². The zero-order chi connectivity index (χ0) is 14.7. The van der Waals surface area contributed by atoms with Gasteiger partial charge in [-0.25, -0.2) is 9.37 Å². The number of hydrogen-bond donors (Lipinski definition) is 1. The van der Waals surface area contributed by atoms with E-state index in [0.717, 1.165) is 16.1 Å². The molecule has 20 heavy (non-hydrogen) atoms. The van der Waals surface area contributed by atoms with Gasteiger partial charge >= 0.3 is 0 Å². The molecule has 108 valence electrons. The molecule has 0 aliphatic heterocycles. The van der Waals surface area contributed by atoms with Crippen LogP contribution >= 0.6 is 11.3 Å². The Hall–Kier alpha value is -1.46. The van der Waals surface area contributed by atoms with E-state index >= 15 is 0 Å². The van der Waals surface area contributed by atoms with Gasteiger partial charge in [-0.2, -0.15) is 0 Å². The Labute approximate surface area is 123 Å². The summed E-state index contributed by atoms with van der Waals surface area (Å²) in [6.45, 7) is 4.56. The molecule has 1 aromatic heterocycles. The van der Waals surface area contributed by atoms with Crippen molar-refractivity contribution in [1.29, 1.82) is 0 Å². The van der Waals surface area contributed by atoms with Crippen LogP contribution in [0, 0.1) is 12.7 Å². The normalized spacial score (nSPS) is 12.4. The summed E-state index contributed by atoms with van der Waals surface area (Å²) in [6.07, 6.45) is 0.689. The van der Waals surface area contributed by atoms with Crippen LogP contribution in [0.1, 0.15) is 23.1 Å². The van der Waals surface area contributed by atoms with Crippen LogP contribution in [0.5, 0.6) is 0 Å². The third kappa shape index (κ3) is 3.55. The second-order valence-corrected chi connectivity index (χ2v) is 6.12. The van der Waals surface area contributed by atoms with E-state index in [0.29, 0.717) is 18.7 Å². The van der Waals surface area contributed by atoms with E-state index in [9.17, 15) is 4.39 Å². The maximum atomic E-state index is 14.2. The molecule has 1 aromatic carbocycles. The first-order valence-corrected chi connectivity index (χ1v) is 7.49. The lowest BCUT2D eigenvalue weighted by Crippen LogP contribution is -2.19. The predicted octanol–water partition coefficient (Wildman–Crippen LogP) is 3.12. The lowest BCUT2D eigenvalue weighted by Gasteiger charge is -2.20. The molecule has 0 aliphatic rings. The van der Waals surface area contributed by atoms with Gasteiger partial charge in [0.05, 0.1) is 23.4 Å². The number of benzene rings is 1. The Kier molecular flexibility index (Phi) is 4.73. The predicted molar refractivity (Wildman–Crippen MR) is 82.7 cm³/mol. The van der Waals surface area contributed by atoms with Gasteiger partial charge < -0.3 is 10.6 Å². The third-order valence-corrected chi connectivity index (χ3v) is 4.13. The minimum Gasteiger partial charge on any atom is -0.367 e. The monoisotopic (exact) mass is 293 g/mol. The van der Waals surface area contributed by atoms with Gasteiger partial charge in [0.15, 0.2) is 0 Å². The lowest BCUT2D eigenvalue weighted by atomic mass is 10.1. The SMILES string of the molecule is Cc1ncsc1CN(C)c1ccc(CC(C)N)cc1F. The molecule has 1 unspecified atom stereocenters. The second kappa shape index (κ2) is 6.33. The first-order chi connectivity index (χ1) is 9.47. The fourth-order valence-corrected chi connectivity index (χ4v) is 2.97. The zero-order valence-corrected chi connectivity index (χ0v) is 12.9. The van der Waals surface area contributed by atoms with Gasteiger partial charge in [0.1, 0.15) is 5.82 Å². The average Bonchev–Trinajstić information content (AvgIpc) is 2.74. The van der Waals surface area contributed by atoms with E-state index in [1.54, 1.807) is 17.4 Å². The smallest absolute Gasteiger partial charge is 0.146 e. The highest BCUT2D eigenvalue weighted by Gasteiger charge is 2.11. The fraction of sp³-hybridized carbons (Fsp3) is 0.400. The first-order valence-electron chi connectivity index (χ1n) is 6.61. The summed E-state index contributed by atoms with van der Waals surface area (Å²) in [5, 5.41) is 0. The van der Waals surface area contributed by atoms with Crippen LogP contribution in [0.25, 0.3) is 0 Å². The van der Waals surface area contributed by atoms with Crippen molar-refractivity contribution in [3.63, 3.8) is 0 Å². The molecule has 2 aromatic rings. The zero-order valence-electron chi connectivity index (χ0n) is 12.1.